The molecule has 94 valence electrons. The molecule has 0 N–H and O–H groups in total. The highest BCUT2D eigenvalue weighted by Gasteiger charge is 2.26. The van der Waals surface area contributed by atoms with Gasteiger partial charge in [0.25, 0.3) is 0 Å². The van der Waals surface area contributed by atoms with Crippen molar-refractivity contribution in [3.05, 3.63) is 34.4 Å². The molecular weight excluding hydrogens is 236 g/mol. The van der Waals surface area contributed by atoms with E-state index >= 15 is 0 Å². The van der Waals surface area contributed by atoms with E-state index in [1.54, 1.807) is 6.07 Å². The number of hydrogen-bond acceptors (Lipinski definition) is 5. The lowest BCUT2D eigenvalue weighted by atomic mass is 9.99. The van der Waals surface area contributed by atoms with Crippen LogP contribution in [0.4, 0.5) is 0 Å². The second-order valence-corrected chi connectivity index (χ2v) is 3.96. The van der Waals surface area contributed by atoms with E-state index in [9.17, 15) is 14.4 Å². The third kappa shape index (κ3) is 1.88. The van der Waals surface area contributed by atoms with Crippen molar-refractivity contribution >= 4 is 17.7 Å². The smallest absolute Gasteiger partial charge is 0.338 e. The molecule has 1 aromatic rings. The molecule has 0 aliphatic heterocycles. The Morgan fingerprint density at radius 3 is 2.11 bits per heavy atom. The predicted molar refractivity (Wildman–Crippen MR) is 61.8 cm³/mol. The summed E-state index contributed by atoms with van der Waals surface area (Å²) in [5, 5.41) is 0. The van der Waals surface area contributed by atoms with Crippen molar-refractivity contribution in [2.75, 3.05) is 14.2 Å². The van der Waals surface area contributed by atoms with Gasteiger partial charge in [0.15, 0.2) is 5.78 Å². The van der Waals surface area contributed by atoms with E-state index in [0.29, 0.717) is 18.4 Å². The summed E-state index contributed by atoms with van der Waals surface area (Å²) in [5.41, 5.74) is 1.47. The number of fused-ring (bicyclic) bond motifs is 1. The maximum Gasteiger partial charge on any atom is 0.338 e. The van der Waals surface area contributed by atoms with Gasteiger partial charge in [-0.15, -0.1) is 0 Å². The number of Topliss-reactive ketones (excluding diaryl/α,β-unsaturated/α-hetero) is 1. The molecule has 0 atom stereocenters. The first kappa shape index (κ1) is 12.3. The number of esters is 2. The number of aryl methyl sites for hydroxylation is 1. The van der Waals surface area contributed by atoms with Crippen LogP contribution >= 0.6 is 0 Å². The van der Waals surface area contributed by atoms with Gasteiger partial charge < -0.3 is 9.47 Å². The first-order valence-electron chi connectivity index (χ1n) is 5.45. The summed E-state index contributed by atoms with van der Waals surface area (Å²) >= 11 is 0. The third-order valence-electron chi connectivity index (χ3n) is 2.98. The molecule has 0 saturated heterocycles. The Hall–Kier alpha value is -2.17. The van der Waals surface area contributed by atoms with E-state index < -0.39 is 11.9 Å². The van der Waals surface area contributed by atoms with E-state index in [1.807, 2.05) is 0 Å². The third-order valence-corrected chi connectivity index (χ3v) is 2.98. The molecule has 0 unspecified atom stereocenters. The van der Waals surface area contributed by atoms with Gasteiger partial charge in [-0.05, 0) is 24.1 Å². The summed E-state index contributed by atoms with van der Waals surface area (Å²) in [6, 6.07) is 2.96. The fraction of sp³-hybridized carbons (Fsp3) is 0.308. The SMILES string of the molecule is COC(=O)c1cc2c(cc1C(=O)OC)C(=O)CC2. The number of rotatable bonds is 2. The van der Waals surface area contributed by atoms with Gasteiger partial charge in [-0.1, -0.05) is 0 Å². The van der Waals surface area contributed by atoms with E-state index in [2.05, 4.69) is 9.47 Å². The minimum atomic E-state index is -0.655. The molecule has 0 aromatic heterocycles. The van der Waals surface area contributed by atoms with Crippen molar-refractivity contribution in [1.82, 2.24) is 0 Å². The molecule has 0 bridgehead atoms. The molecule has 2 rings (SSSR count). The highest BCUT2D eigenvalue weighted by molar-refractivity contribution is 6.08. The molecule has 0 amide bonds. The minimum Gasteiger partial charge on any atom is -0.465 e. The molecule has 0 spiro atoms. The number of hydrogen-bond donors (Lipinski definition) is 0. The van der Waals surface area contributed by atoms with Crippen LogP contribution in [0, 0.1) is 0 Å². The molecule has 1 aliphatic rings. The predicted octanol–water partition coefficient (Wildman–Crippen LogP) is 1.39. The van der Waals surface area contributed by atoms with Crippen LogP contribution in [0.5, 0.6) is 0 Å². The summed E-state index contributed by atoms with van der Waals surface area (Å²) < 4.78 is 9.24. The van der Waals surface area contributed by atoms with E-state index in [4.69, 9.17) is 0 Å². The lowest BCUT2D eigenvalue weighted by molar-refractivity contribution is 0.0555. The molecule has 0 fully saturated rings. The lowest BCUT2D eigenvalue weighted by Gasteiger charge is -2.08. The zero-order valence-electron chi connectivity index (χ0n) is 10.1. The molecule has 5 heteroatoms. The monoisotopic (exact) mass is 248 g/mol. The average Bonchev–Trinajstić information content (AvgIpc) is 2.76. The maximum atomic E-state index is 11.6. The summed E-state index contributed by atoms with van der Waals surface area (Å²) in [6.45, 7) is 0. The zero-order valence-corrected chi connectivity index (χ0v) is 10.1. The van der Waals surface area contributed by atoms with Gasteiger partial charge in [-0.2, -0.15) is 0 Å². The standard InChI is InChI=1S/C13H12O5/c1-17-12(15)9-5-7-3-4-11(14)8(7)6-10(9)13(16)18-2/h5-6H,3-4H2,1-2H3. The fourth-order valence-corrected chi connectivity index (χ4v) is 2.05. The molecule has 18 heavy (non-hydrogen) atoms. The Balaban J connectivity index is 2.61. The number of benzene rings is 1. The Morgan fingerprint density at radius 2 is 1.56 bits per heavy atom. The number of ketones is 1. The van der Waals surface area contributed by atoms with E-state index in [0.717, 1.165) is 5.56 Å². The quantitative estimate of drug-likeness (QED) is 0.740. The fourth-order valence-electron chi connectivity index (χ4n) is 2.05. The lowest BCUT2D eigenvalue weighted by Crippen LogP contribution is -2.13. The normalized spacial score (nSPS) is 13.1. The summed E-state index contributed by atoms with van der Waals surface area (Å²) in [7, 11) is 2.46. The van der Waals surface area contributed by atoms with Crippen LogP contribution in [0.25, 0.3) is 0 Å². The van der Waals surface area contributed by atoms with Crippen LogP contribution in [-0.2, 0) is 15.9 Å². The van der Waals surface area contributed by atoms with Crippen molar-refractivity contribution in [3.8, 4) is 0 Å². The average molecular weight is 248 g/mol. The van der Waals surface area contributed by atoms with Crippen LogP contribution in [0.1, 0.15) is 43.1 Å². The summed E-state index contributed by atoms with van der Waals surface area (Å²) in [4.78, 5) is 34.9. The van der Waals surface area contributed by atoms with Crippen LogP contribution in [0.15, 0.2) is 12.1 Å². The number of carbonyl (C=O) groups is 3. The van der Waals surface area contributed by atoms with Crippen molar-refractivity contribution in [1.29, 1.82) is 0 Å². The Bertz CT molecular complexity index is 545. The van der Waals surface area contributed by atoms with Crippen LogP contribution in [0.2, 0.25) is 0 Å². The van der Waals surface area contributed by atoms with Crippen molar-refractivity contribution < 1.29 is 23.9 Å². The number of methoxy groups -OCH3 is 2. The van der Waals surface area contributed by atoms with Crippen molar-refractivity contribution in [3.63, 3.8) is 0 Å². The van der Waals surface area contributed by atoms with Gasteiger partial charge in [0, 0.05) is 12.0 Å². The largest absolute Gasteiger partial charge is 0.465 e. The van der Waals surface area contributed by atoms with Gasteiger partial charge in [-0.3, -0.25) is 4.79 Å². The summed E-state index contributed by atoms with van der Waals surface area (Å²) in [6.07, 6.45) is 0.986. The molecular formula is C13H12O5. The first-order chi connectivity index (χ1) is 8.58. The van der Waals surface area contributed by atoms with Gasteiger partial charge in [0.05, 0.1) is 25.3 Å². The molecule has 0 saturated carbocycles. The first-order valence-corrected chi connectivity index (χ1v) is 5.45. The van der Waals surface area contributed by atoms with Crippen molar-refractivity contribution in [2.45, 2.75) is 12.8 Å². The minimum absolute atomic E-state index is 0.0217. The molecule has 0 radical (unpaired) electrons. The van der Waals surface area contributed by atoms with Gasteiger partial charge in [-0.25, -0.2) is 9.59 Å². The van der Waals surface area contributed by atoms with E-state index in [1.165, 1.54) is 20.3 Å². The van der Waals surface area contributed by atoms with Crippen LogP contribution < -0.4 is 0 Å². The zero-order chi connectivity index (χ0) is 13.3. The highest BCUT2D eigenvalue weighted by atomic mass is 16.5. The van der Waals surface area contributed by atoms with Gasteiger partial charge >= 0.3 is 11.9 Å². The molecule has 1 aliphatic carbocycles. The second-order valence-electron chi connectivity index (χ2n) is 3.96. The number of carbonyl (C=O) groups excluding carboxylic acids is 3. The summed E-state index contributed by atoms with van der Waals surface area (Å²) in [5.74, 6) is -1.29. The topological polar surface area (TPSA) is 69.7 Å². The molecule has 1 aromatic carbocycles. The Kier molecular flexibility index (Phi) is 3.14. The Morgan fingerprint density at radius 1 is 1.00 bits per heavy atom. The highest BCUT2D eigenvalue weighted by Crippen LogP contribution is 2.26. The Labute approximate surface area is 104 Å². The maximum absolute atomic E-state index is 11.6. The van der Waals surface area contributed by atoms with Crippen molar-refractivity contribution in [2.24, 2.45) is 0 Å². The van der Waals surface area contributed by atoms with E-state index in [-0.39, 0.29) is 16.9 Å². The molecule has 5 nitrogen and oxygen atoms in total. The number of ether oxygens (including phenoxy) is 2. The second kappa shape index (κ2) is 4.60. The van der Waals surface area contributed by atoms with Crippen LogP contribution in [0.3, 0.4) is 0 Å². The van der Waals surface area contributed by atoms with Crippen LogP contribution in [-0.4, -0.2) is 31.9 Å². The molecule has 0 heterocycles. The van der Waals surface area contributed by atoms with Gasteiger partial charge in [0.1, 0.15) is 0 Å². The van der Waals surface area contributed by atoms with Gasteiger partial charge in [0.2, 0.25) is 0 Å².